The maximum atomic E-state index is 11.9. The first-order valence-electron chi connectivity index (χ1n) is 7.70. The number of carbonyl (C=O) groups is 1. The summed E-state index contributed by atoms with van der Waals surface area (Å²) in [5.74, 6) is -0.163. The van der Waals surface area contributed by atoms with E-state index in [-0.39, 0.29) is 29.2 Å². The molecule has 1 N–H and O–H groups in total. The number of esters is 1. The molecule has 126 valence electrons. The summed E-state index contributed by atoms with van der Waals surface area (Å²) in [5, 5.41) is 7.46. The van der Waals surface area contributed by atoms with Gasteiger partial charge in [0.05, 0.1) is 37.8 Å². The first kappa shape index (κ1) is 17.7. The molecule has 1 aliphatic carbocycles. The quantitative estimate of drug-likeness (QED) is 0.439. The monoisotopic (exact) mass is 340 g/mol. The summed E-state index contributed by atoms with van der Waals surface area (Å²) in [6.07, 6.45) is 4.30. The topological polar surface area (TPSA) is 81.3 Å². The number of ether oxygens (including phenoxy) is 2. The highest BCUT2D eigenvalue weighted by atomic mass is 35.5. The molecule has 0 saturated heterocycles. The van der Waals surface area contributed by atoms with E-state index in [2.05, 4.69) is 10.2 Å². The molecule has 7 heteroatoms. The number of hydrogen-bond donors (Lipinski definition) is 1. The van der Waals surface area contributed by atoms with Crippen LogP contribution in [0.25, 0.3) is 11.6 Å². The Balaban J connectivity index is 2.03. The predicted octanol–water partition coefficient (Wildman–Crippen LogP) is 0.318. The first-order valence-corrected chi connectivity index (χ1v) is 8.14. The lowest BCUT2D eigenvalue weighted by atomic mass is 9.89. The van der Waals surface area contributed by atoms with E-state index in [1.807, 2.05) is 6.92 Å². The molecule has 0 radical (unpaired) electrons. The minimum atomic E-state index is -0.261. The molecule has 0 fully saturated rings. The number of nitrogens with one attached hydrogen (secondary N) is 1. The molecule has 6 nitrogen and oxygen atoms in total. The van der Waals surface area contributed by atoms with Gasteiger partial charge in [-0.3, -0.25) is 9.59 Å². The van der Waals surface area contributed by atoms with Crippen molar-refractivity contribution in [1.82, 2.24) is 10.2 Å². The Morgan fingerprint density at radius 1 is 1.43 bits per heavy atom. The molecule has 23 heavy (non-hydrogen) atoms. The van der Waals surface area contributed by atoms with Gasteiger partial charge in [0, 0.05) is 10.4 Å². The molecular weight excluding hydrogens is 320 g/mol. The zero-order valence-corrected chi connectivity index (χ0v) is 14.1. The summed E-state index contributed by atoms with van der Waals surface area (Å²) in [6.45, 7) is 4.94. The van der Waals surface area contributed by atoms with Gasteiger partial charge in [0.1, 0.15) is 0 Å². The maximum Gasteiger partial charge on any atom is 0.308 e. The Morgan fingerprint density at radius 3 is 2.96 bits per heavy atom. The van der Waals surface area contributed by atoms with Gasteiger partial charge in [0.25, 0.3) is 5.56 Å². The number of aromatic nitrogens is 2. The van der Waals surface area contributed by atoms with Crippen LogP contribution in [0, 0.1) is 5.92 Å². The van der Waals surface area contributed by atoms with E-state index in [0.717, 1.165) is 10.8 Å². The number of alkyl halides is 1. The fraction of sp³-hybridized carbons (Fsp3) is 0.562. The number of fused-ring (bicyclic) bond motifs is 1. The number of aromatic amines is 1. The second-order valence-corrected chi connectivity index (χ2v) is 5.87. The Hall–Kier alpha value is -1.66. The lowest BCUT2D eigenvalue weighted by Gasteiger charge is -2.22. The van der Waals surface area contributed by atoms with Crippen LogP contribution in [0.4, 0.5) is 0 Å². The van der Waals surface area contributed by atoms with Crippen molar-refractivity contribution in [2.75, 3.05) is 19.8 Å². The molecule has 0 amide bonds. The molecule has 1 aliphatic rings. The van der Waals surface area contributed by atoms with Crippen LogP contribution in [-0.4, -0.2) is 41.4 Å². The van der Waals surface area contributed by atoms with Gasteiger partial charge in [-0.15, -0.1) is 11.6 Å². The molecule has 1 aromatic heterocycles. The van der Waals surface area contributed by atoms with E-state index < -0.39 is 0 Å². The number of hydrogen-bond acceptors (Lipinski definition) is 5. The molecule has 1 aromatic rings. The average Bonchev–Trinajstić information content (AvgIpc) is 2.52. The minimum absolute atomic E-state index is 0.0985. The van der Waals surface area contributed by atoms with Crippen molar-refractivity contribution in [3.05, 3.63) is 27.0 Å². The lowest BCUT2D eigenvalue weighted by Crippen LogP contribution is -2.47. The van der Waals surface area contributed by atoms with E-state index in [4.69, 9.17) is 21.1 Å². The van der Waals surface area contributed by atoms with Crippen molar-refractivity contribution < 1.29 is 14.3 Å². The highest BCUT2D eigenvalue weighted by Gasteiger charge is 2.22. The Morgan fingerprint density at radius 2 is 2.22 bits per heavy atom. The molecule has 0 bridgehead atoms. The highest BCUT2D eigenvalue weighted by molar-refractivity contribution is 6.24. The van der Waals surface area contributed by atoms with Crippen molar-refractivity contribution in [2.24, 2.45) is 5.92 Å². The van der Waals surface area contributed by atoms with Crippen molar-refractivity contribution in [3.8, 4) is 0 Å². The van der Waals surface area contributed by atoms with Crippen LogP contribution in [-0.2, 0) is 14.3 Å². The first-order chi connectivity index (χ1) is 11.0. The van der Waals surface area contributed by atoms with Crippen LogP contribution in [0.2, 0.25) is 0 Å². The molecule has 2 rings (SSSR count). The SMILES string of the molecule is CCOC(=O)CCOCCC1=c2cn[nH]c(=O)c2=CC(Cl)C1C. The van der Waals surface area contributed by atoms with Gasteiger partial charge in [0.15, 0.2) is 0 Å². The van der Waals surface area contributed by atoms with Crippen LogP contribution < -0.4 is 16.0 Å². The minimum Gasteiger partial charge on any atom is -0.466 e. The second kappa shape index (κ2) is 8.26. The number of nitrogens with zero attached hydrogens (tertiary/aromatic N) is 1. The molecule has 0 aliphatic heterocycles. The van der Waals surface area contributed by atoms with E-state index in [9.17, 15) is 9.59 Å². The number of halogens is 1. The smallest absolute Gasteiger partial charge is 0.308 e. The fourth-order valence-corrected chi connectivity index (χ4v) is 2.88. The van der Waals surface area contributed by atoms with Crippen LogP contribution in [0.5, 0.6) is 0 Å². The molecule has 1 heterocycles. The van der Waals surface area contributed by atoms with Crippen molar-refractivity contribution in [3.63, 3.8) is 0 Å². The van der Waals surface area contributed by atoms with Gasteiger partial charge >= 0.3 is 5.97 Å². The van der Waals surface area contributed by atoms with Gasteiger partial charge in [-0.1, -0.05) is 18.6 Å². The number of H-pyrrole nitrogens is 1. The summed E-state index contributed by atoms with van der Waals surface area (Å²) >= 11 is 6.33. The Bertz CT molecular complexity index is 728. The standard InChI is InChI=1S/C16H21ClN2O4/c1-3-23-15(20)5-7-22-6-4-11-10(2)14(17)8-12-13(11)9-18-19-16(12)21/h8-10,14H,3-7H2,1-2H3,(H,19,21). The summed E-state index contributed by atoms with van der Waals surface area (Å²) in [5.41, 5.74) is 0.818. The molecule has 0 saturated carbocycles. The Kier molecular flexibility index (Phi) is 6.36. The third-order valence-electron chi connectivity index (χ3n) is 3.87. The van der Waals surface area contributed by atoms with Crippen molar-refractivity contribution in [2.45, 2.75) is 32.1 Å². The van der Waals surface area contributed by atoms with Crippen LogP contribution in [0.1, 0.15) is 26.7 Å². The summed E-state index contributed by atoms with van der Waals surface area (Å²) in [7, 11) is 0. The van der Waals surface area contributed by atoms with Crippen LogP contribution in [0.15, 0.2) is 11.0 Å². The maximum absolute atomic E-state index is 11.9. The van der Waals surface area contributed by atoms with Crippen LogP contribution >= 0.6 is 11.6 Å². The fourth-order valence-electron chi connectivity index (χ4n) is 2.61. The molecule has 0 spiro atoms. The van der Waals surface area contributed by atoms with Gasteiger partial charge in [-0.25, -0.2) is 5.10 Å². The van der Waals surface area contributed by atoms with Gasteiger partial charge in [0.2, 0.25) is 0 Å². The predicted molar refractivity (Wildman–Crippen MR) is 87.5 cm³/mol. The zero-order valence-electron chi connectivity index (χ0n) is 13.3. The molecule has 2 unspecified atom stereocenters. The zero-order chi connectivity index (χ0) is 16.8. The van der Waals surface area contributed by atoms with Crippen molar-refractivity contribution >= 4 is 29.2 Å². The molecule has 0 aromatic carbocycles. The molecular formula is C16H21ClN2O4. The van der Waals surface area contributed by atoms with E-state index in [1.54, 1.807) is 19.2 Å². The average molecular weight is 341 g/mol. The Labute approximate surface area is 139 Å². The summed E-state index contributed by atoms with van der Waals surface area (Å²) in [4.78, 5) is 23.1. The second-order valence-electron chi connectivity index (χ2n) is 5.37. The number of rotatable bonds is 7. The normalized spacial score (nSPS) is 19.9. The van der Waals surface area contributed by atoms with Gasteiger partial charge in [-0.05, 0) is 19.3 Å². The van der Waals surface area contributed by atoms with E-state index in [1.165, 1.54) is 0 Å². The van der Waals surface area contributed by atoms with E-state index >= 15 is 0 Å². The van der Waals surface area contributed by atoms with Gasteiger partial charge < -0.3 is 9.47 Å². The summed E-state index contributed by atoms with van der Waals surface area (Å²) < 4.78 is 10.3. The summed E-state index contributed by atoms with van der Waals surface area (Å²) in [6, 6.07) is 0. The largest absolute Gasteiger partial charge is 0.466 e. The van der Waals surface area contributed by atoms with Crippen molar-refractivity contribution in [1.29, 1.82) is 0 Å². The third-order valence-corrected chi connectivity index (χ3v) is 4.37. The molecule has 2 atom stereocenters. The lowest BCUT2D eigenvalue weighted by molar-refractivity contribution is -0.144. The third kappa shape index (κ3) is 4.42. The number of carbonyl (C=O) groups excluding carboxylic acids is 1. The van der Waals surface area contributed by atoms with E-state index in [0.29, 0.717) is 31.5 Å². The van der Waals surface area contributed by atoms with Gasteiger partial charge in [-0.2, -0.15) is 5.10 Å². The van der Waals surface area contributed by atoms with Crippen LogP contribution in [0.3, 0.4) is 0 Å². The highest BCUT2D eigenvalue weighted by Crippen LogP contribution is 2.24.